The van der Waals surface area contributed by atoms with E-state index in [9.17, 15) is 0 Å². The van der Waals surface area contributed by atoms with Crippen molar-refractivity contribution in [3.8, 4) is 0 Å². The summed E-state index contributed by atoms with van der Waals surface area (Å²) in [6, 6.07) is 33.5. The fourth-order valence-electron chi connectivity index (χ4n) is 3.67. The molecule has 192 valence electrons. The van der Waals surface area contributed by atoms with Crippen molar-refractivity contribution in [2.24, 2.45) is 0 Å². The van der Waals surface area contributed by atoms with Crippen LogP contribution in [-0.4, -0.2) is 13.3 Å². The van der Waals surface area contributed by atoms with E-state index in [1.165, 1.54) is 22.3 Å². The molecule has 0 atom stereocenters. The lowest BCUT2D eigenvalue weighted by Gasteiger charge is -2.18. The minimum atomic E-state index is -1.94. The van der Waals surface area contributed by atoms with Crippen LogP contribution in [0.4, 0.5) is 0 Å². The lowest BCUT2D eigenvalue weighted by Crippen LogP contribution is -2.14. The molecule has 0 aromatic heterocycles. The third-order valence-corrected chi connectivity index (χ3v) is 11.5. The van der Waals surface area contributed by atoms with Crippen LogP contribution < -0.4 is 21.2 Å². The Bertz CT molecular complexity index is 1120. The first kappa shape index (κ1) is 31.9. The van der Waals surface area contributed by atoms with Crippen LogP contribution in [0.25, 0.3) is 0 Å². The van der Waals surface area contributed by atoms with Gasteiger partial charge in [0.2, 0.25) is 0 Å². The largest absolute Gasteiger partial charge is 0.310 e. The van der Waals surface area contributed by atoms with Gasteiger partial charge < -0.3 is 10.3 Å². The van der Waals surface area contributed by atoms with Crippen molar-refractivity contribution in [2.75, 3.05) is 13.3 Å². The molecule has 0 spiro atoms. The second-order valence-electron chi connectivity index (χ2n) is 9.35. The van der Waals surface area contributed by atoms with Gasteiger partial charge in [-0.2, -0.15) is 0 Å². The van der Waals surface area contributed by atoms with E-state index < -0.39 is 14.1 Å². The Labute approximate surface area is 230 Å². The van der Waals surface area contributed by atoms with Crippen molar-refractivity contribution in [1.29, 1.82) is 10.3 Å². The molecular weight excluding hydrogens is 521 g/mol. The summed E-state index contributed by atoms with van der Waals surface area (Å²) in [4.78, 5) is 0. The summed E-state index contributed by atoms with van der Waals surface area (Å²) in [7, 11) is -3.87. The van der Waals surface area contributed by atoms with Gasteiger partial charge >= 0.3 is 0 Å². The summed E-state index contributed by atoms with van der Waals surface area (Å²) in [5.41, 5.74) is 4.99. The maximum absolute atomic E-state index is 8.66. The van der Waals surface area contributed by atoms with Gasteiger partial charge in [0.05, 0.1) is 0 Å². The molecule has 4 rings (SSSR count). The van der Waals surface area contributed by atoms with Gasteiger partial charge in [-0.3, -0.25) is 0 Å². The highest BCUT2D eigenvalue weighted by atomic mass is 35.5. The Morgan fingerprint density at radius 2 is 0.500 bits per heavy atom. The molecule has 0 aliphatic carbocycles. The Morgan fingerprint density at radius 3 is 0.639 bits per heavy atom. The van der Waals surface area contributed by atoms with Crippen molar-refractivity contribution < 1.29 is 0 Å². The molecule has 0 aliphatic heterocycles. The number of aryl methyl sites for hydroxylation is 4. The van der Waals surface area contributed by atoms with E-state index in [4.69, 9.17) is 10.3 Å². The van der Waals surface area contributed by atoms with Crippen LogP contribution in [0, 0.1) is 38.0 Å². The Balaban J connectivity index is 0.000000341. The molecule has 36 heavy (non-hydrogen) atoms. The Morgan fingerprint density at radius 1 is 0.361 bits per heavy atom. The quantitative estimate of drug-likeness (QED) is 0.237. The van der Waals surface area contributed by atoms with E-state index in [0.29, 0.717) is 0 Å². The molecule has 4 aromatic carbocycles. The van der Waals surface area contributed by atoms with Gasteiger partial charge in [0, 0.05) is 14.1 Å². The van der Waals surface area contributed by atoms with Crippen LogP contribution in [0.5, 0.6) is 0 Å². The SMILES string of the molecule is Cc1ccc(P(C)(=N)c2ccc(C)cc2)cc1.Cc1ccc(P(C)(=N)c2ccc(C)cc2)cc1.Cl.Cl. The van der Waals surface area contributed by atoms with E-state index >= 15 is 0 Å². The molecule has 0 aliphatic rings. The third-order valence-electron chi connectivity index (χ3n) is 6.20. The number of hydrogen-bond acceptors (Lipinski definition) is 2. The van der Waals surface area contributed by atoms with Gasteiger partial charge in [-0.05, 0) is 62.2 Å². The molecule has 0 saturated heterocycles. The number of rotatable bonds is 4. The lowest BCUT2D eigenvalue weighted by molar-refractivity contribution is 1.48. The number of benzene rings is 4. The first-order valence-electron chi connectivity index (χ1n) is 11.5. The molecule has 0 fully saturated rings. The topological polar surface area (TPSA) is 47.7 Å². The molecule has 6 heteroatoms. The zero-order valence-corrected chi connectivity index (χ0v) is 25.4. The molecule has 2 N–H and O–H groups in total. The third kappa shape index (κ3) is 7.96. The molecule has 0 saturated carbocycles. The van der Waals surface area contributed by atoms with Crippen LogP contribution in [0.15, 0.2) is 97.1 Å². The molecule has 0 amide bonds. The minimum Gasteiger partial charge on any atom is -0.310 e. The summed E-state index contributed by atoms with van der Waals surface area (Å²) >= 11 is 0. The van der Waals surface area contributed by atoms with Gasteiger partial charge in [-0.15, -0.1) is 24.8 Å². The highest BCUT2D eigenvalue weighted by molar-refractivity contribution is 7.79. The summed E-state index contributed by atoms with van der Waals surface area (Å²) in [5, 5.41) is 21.9. The maximum atomic E-state index is 8.66. The van der Waals surface area contributed by atoms with Gasteiger partial charge in [0.1, 0.15) is 0 Å². The fourth-order valence-corrected chi connectivity index (χ4v) is 7.25. The average molecular weight is 560 g/mol. The summed E-state index contributed by atoms with van der Waals surface area (Å²) in [5.74, 6) is 0. The molecule has 0 bridgehead atoms. The Hall–Kier alpha value is -2.08. The number of nitrogens with one attached hydrogen (secondary N) is 2. The molecule has 0 radical (unpaired) electrons. The molecule has 0 unspecified atom stereocenters. The second-order valence-corrected chi connectivity index (χ2v) is 15.4. The zero-order chi connectivity index (χ0) is 24.9. The molecule has 2 nitrogen and oxygen atoms in total. The summed E-state index contributed by atoms with van der Waals surface area (Å²) in [6.45, 7) is 12.4. The normalized spacial score (nSPS) is 10.8. The smallest absolute Gasteiger partial charge is 0.0208 e. The van der Waals surface area contributed by atoms with Crippen molar-refractivity contribution in [1.82, 2.24) is 0 Å². The first-order valence-corrected chi connectivity index (χ1v) is 16.0. The van der Waals surface area contributed by atoms with Crippen molar-refractivity contribution in [2.45, 2.75) is 27.7 Å². The van der Waals surface area contributed by atoms with Crippen LogP contribution in [0.1, 0.15) is 22.3 Å². The number of hydrogen-bond donors (Lipinski definition) is 2. The average Bonchev–Trinajstić information content (AvgIpc) is 2.81. The highest BCUT2D eigenvalue weighted by Gasteiger charge is 2.16. The lowest BCUT2D eigenvalue weighted by atomic mass is 10.2. The zero-order valence-electron chi connectivity index (χ0n) is 21.9. The summed E-state index contributed by atoms with van der Waals surface area (Å²) in [6.07, 6.45) is 0. The Kier molecular flexibility index (Phi) is 11.9. The second kappa shape index (κ2) is 13.5. The van der Waals surface area contributed by atoms with Crippen LogP contribution in [-0.2, 0) is 0 Å². The summed E-state index contributed by atoms with van der Waals surface area (Å²) < 4.78 is 0. The van der Waals surface area contributed by atoms with Crippen LogP contribution in [0.2, 0.25) is 0 Å². The van der Waals surface area contributed by atoms with Gasteiger partial charge in [-0.25, -0.2) is 0 Å². The van der Waals surface area contributed by atoms with Crippen molar-refractivity contribution in [3.63, 3.8) is 0 Å². The van der Waals surface area contributed by atoms with E-state index in [2.05, 4.69) is 138 Å². The van der Waals surface area contributed by atoms with E-state index in [1.807, 2.05) is 0 Å². The van der Waals surface area contributed by atoms with E-state index in [0.717, 1.165) is 21.2 Å². The minimum absolute atomic E-state index is 0. The standard InChI is InChI=1S/2C15H18NP.2ClH/c2*1-12-4-8-14(9-5-12)17(3,16)15-10-6-13(2)7-11-15;;/h2*4-11,16H,1-3H3;2*1H. The van der Waals surface area contributed by atoms with Gasteiger partial charge in [-0.1, -0.05) is 119 Å². The van der Waals surface area contributed by atoms with E-state index in [1.54, 1.807) is 0 Å². The van der Waals surface area contributed by atoms with Crippen LogP contribution >= 0.6 is 38.9 Å². The molecule has 0 heterocycles. The van der Waals surface area contributed by atoms with Gasteiger partial charge in [0.25, 0.3) is 0 Å². The van der Waals surface area contributed by atoms with Crippen LogP contribution in [0.3, 0.4) is 0 Å². The fraction of sp³-hybridized carbons (Fsp3) is 0.200. The van der Waals surface area contributed by atoms with Crippen molar-refractivity contribution >= 4 is 60.1 Å². The monoisotopic (exact) mass is 558 g/mol. The predicted octanol–water partition coefficient (Wildman–Crippen LogP) is 8.17. The first-order chi connectivity index (χ1) is 16.0. The number of halogens is 2. The molecular formula is C30H38Cl2N2P2. The highest BCUT2D eigenvalue weighted by Crippen LogP contribution is 2.40. The molecule has 4 aromatic rings. The van der Waals surface area contributed by atoms with Gasteiger partial charge in [0.15, 0.2) is 0 Å². The van der Waals surface area contributed by atoms with E-state index in [-0.39, 0.29) is 24.8 Å². The van der Waals surface area contributed by atoms with Crippen molar-refractivity contribution in [3.05, 3.63) is 119 Å². The predicted molar refractivity (Wildman–Crippen MR) is 169 cm³/mol. The maximum Gasteiger partial charge on any atom is 0.0208 e.